The van der Waals surface area contributed by atoms with E-state index in [1.54, 1.807) is 4.90 Å². The number of piperazine rings is 1. The van der Waals surface area contributed by atoms with Gasteiger partial charge < -0.3 is 14.4 Å². The summed E-state index contributed by atoms with van der Waals surface area (Å²) < 4.78 is 10.4. The smallest absolute Gasteiger partial charge is 0.414 e. The van der Waals surface area contributed by atoms with E-state index in [-0.39, 0.29) is 18.0 Å². The van der Waals surface area contributed by atoms with Gasteiger partial charge in [-0.1, -0.05) is 19.4 Å². The van der Waals surface area contributed by atoms with Crippen molar-refractivity contribution in [2.24, 2.45) is 5.92 Å². The van der Waals surface area contributed by atoms with Crippen LogP contribution in [0.4, 0.5) is 4.79 Å². The maximum absolute atomic E-state index is 12.6. The molecule has 1 atom stereocenters. The van der Waals surface area contributed by atoms with Gasteiger partial charge in [-0.25, -0.2) is 4.79 Å². The second-order valence-corrected chi connectivity index (χ2v) is 7.48. The molecule has 25 heavy (non-hydrogen) atoms. The highest BCUT2D eigenvalue weighted by atomic mass is 16.6. The van der Waals surface area contributed by atoms with E-state index in [0.717, 1.165) is 37.3 Å². The number of carbonyl (C=O) groups excluding carboxylic acids is 2. The molecule has 140 valence electrons. The summed E-state index contributed by atoms with van der Waals surface area (Å²) in [6, 6.07) is 0. The van der Waals surface area contributed by atoms with Crippen LogP contribution in [0.2, 0.25) is 0 Å². The van der Waals surface area contributed by atoms with Crippen LogP contribution in [0, 0.1) is 5.92 Å². The van der Waals surface area contributed by atoms with Gasteiger partial charge in [0.15, 0.2) is 0 Å². The lowest BCUT2D eigenvalue weighted by atomic mass is 9.94. The monoisotopic (exact) mass is 350 g/mol. The third-order valence-corrected chi connectivity index (χ3v) is 4.31. The Balaban J connectivity index is 2.25. The summed E-state index contributed by atoms with van der Waals surface area (Å²) >= 11 is 0. The number of fused-ring (bicyclic) bond motifs is 1. The molecule has 1 aliphatic heterocycles. The Hall–Kier alpha value is -1.98. The number of allylic oxidation sites excluding steroid dienone is 1. The van der Waals surface area contributed by atoms with Crippen LogP contribution in [0.5, 0.6) is 0 Å². The molecule has 0 radical (unpaired) electrons. The van der Waals surface area contributed by atoms with Crippen molar-refractivity contribution in [3.8, 4) is 0 Å². The van der Waals surface area contributed by atoms with Crippen molar-refractivity contribution in [1.29, 1.82) is 0 Å². The Morgan fingerprint density at radius 2 is 1.96 bits per heavy atom. The Labute approximate surface area is 150 Å². The van der Waals surface area contributed by atoms with E-state index < -0.39 is 5.60 Å². The first-order valence-corrected chi connectivity index (χ1v) is 9.02. The molecule has 6 nitrogen and oxygen atoms in total. The third kappa shape index (κ3) is 4.77. The minimum Gasteiger partial charge on any atom is -0.469 e. The van der Waals surface area contributed by atoms with Gasteiger partial charge in [-0.2, -0.15) is 0 Å². The number of methoxy groups -OCH3 is 1. The molecule has 1 heterocycles. The molecular weight excluding hydrogens is 320 g/mol. The van der Waals surface area contributed by atoms with Crippen molar-refractivity contribution in [3.63, 3.8) is 0 Å². The molecule has 0 spiro atoms. The average molecular weight is 350 g/mol. The lowest BCUT2D eigenvalue weighted by molar-refractivity contribution is -0.143. The summed E-state index contributed by atoms with van der Waals surface area (Å²) in [7, 11) is 1.41. The molecule has 0 N–H and O–H groups in total. The fourth-order valence-electron chi connectivity index (χ4n) is 3.07. The average Bonchev–Trinajstić information content (AvgIpc) is 2.56. The minimum absolute atomic E-state index is 0.243. The molecule has 2 aliphatic rings. The number of carbonyl (C=O) groups is 2. The molecule has 2 rings (SSSR count). The number of hydrogen-bond donors (Lipinski definition) is 0. The van der Waals surface area contributed by atoms with Crippen molar-refractivity contribution < 1.29 is 19.1 Å². The standard InChI is InChI=1S/C19H30N2O4/c1-6-7-10-20-11-12-21(18(23)25-19(2,3)4)15-9-8-14(13-16(15)20)17(22)24-5/h9,13-14H,6-8,10-12H2,1-5H3. The Kier molecular flexibility index (Phi) is 6.14. The maximum Gasteiger partial charge on any atom is 0.414 e. The van der Waals surface area contributed by atoms with E-state index in [1.807, 2.05) is 32.9 Å². The fraction of sp³-hybridized carbons (Fsp3) is 0.684. The van der Waals surface area contributed by atoms with Gasteiger partial charge in [-0.05, 0) is 39.7 Å². The number of unbranched alkanes of at least 4 members (excludes halogenated alkanes) is 1. The van der Waals surface area contributed by atoms with Gasteiger partial charge in [0.1, 0.15) is 5.60 Å². The van der Waals surface area contributed by atoms with Crippen molar-refractivity contribution in [1.82, 2.24) is 9.80 Å². The van der Waals surface area contributed by atoms with Crippen LogP contribution in [0.1, 0.15) is 47.0 Å². The topological polar surface area (TPSA) is 59.1 Å². The number of hydrogen-bond acceptors (Lipinski definition) is 5. The van der Waals surface area contributed by atoms with Crippen LogP contribution in [0.3, 0.4) is 0 Å². The normalized spacial score (nSPS) is 20.4. The summed E-state index contributed by atoms with van der Waals surface area (Å²) in [6.07, 6.45) is 6.26. The van der Waals surface area contributed by atoms with Gasteiger partial charge in [-0.3, -0.25) is 9.69 Å². The highest BCUT2D eigenvalue weighted by Gasteiger charge is 2.35. The van der Waals surface area contributed by atoms with Crippen molar-refractivity contribution in [2.45, 2.75) is 52.6 Å². The second-order valence-electron chi connectivity index (χ2n) is 7.48. The minimum atomic E-state index is -0.538. The van der Waals surface area contributed by atoms with Gasteiger partial charge in [0.25, 0.3) is 0 Å². The molecule has 0 aromatic rings. The molecule has 6 heteroatoms. The molecule has 0 aromatic heterocycles. The molecular formula is C19H30N2O4. The first-order chi connectivity index (χ1) is 11.8. The summed E-state index contributed by atoms with van der Waals surface area (Å²) in [6.45, 7) is 9.97. The number of amides is 1. The quantitative estimate of drug-likeness (QED) is 0.728. The lowest BCUT2D eigenvalue weighted by Crippen LogP contribution is -2.48. The van der Waals surface area contributed by atoms with E-state index in [4.69, 9.17) is 9.47 Å². The van der Waals surface area contributed by atoms with Gasteiger partial charge in [0.2, 0.25) is 0 Å². The van der Waals surface area contributed by atoms with Crippen LogP contribution >= 0.6 is 0 Å². The van der Waals surface area contributed by atoms with Crippen molar-refractivity contribution in [2.75, 3.05) is 26.7 Å². The van der Waals surface area contributed by atoms with Gasteiger partial charge in [0.05, 0.1) is 24.4 Å². The van der Waals surface area contributed by atoms with Crippen molar-refractivity contribution in [3.05, 3.63) is 23.5 Å². The first kappa shape index (κ1) is 19.3. The lowest BCUT2D eigenvalue weighted by Gasteiger charge is -2.42. The maximum atomic E-state index is 12.6. The largest absolute Gasteiger partial charge is 0.469 e. The van der Waals surface area contributed by atoms with Crippen LogP contribution in [0.25, 0.3) is 0 Å². The van der Waals surface area contributed by atoms with Crippen LogP contribution in [-0.2, 0) is 14.3 Å². The summed E-state index contributed by atoms with van der Waals surface area (Å²) in [5.74, 6) is -0.543. The first-order valence-electron chi connectivity index (χ1n) is 9.02. The zero-order chi connectivity index (χ0) is 18.6. The van der Waals surface area contributed by atoms with Crippen LogP contribution in [-0.4, -0.2) is 54.2 Å². The Morgan fingerprint density at radius 1 is 1.24 bits per heavy atom. The predicted molar refractivity (Wildman–Crippen MR) is 95.7 cm³/mol. The molecule has 1 unspecified atom stereocenters. The number of esters is 1. The summed E-state index contributed by atoms with van der Waals surface area (Å²) in [5.41, 5.74) is 1.24. The van der Waals surface area contributed by atoms with E-state index in [9.17, 15) is 9.59 Å². The summed E-state index contributed by atoms with van der Waals surface area (Å²) in [5, 5.41) is 0. The van der Waals surface area contributed by atoms with E-state index in [0.29, 0.717) is 13.0 Å². The molecule has 1 amide bonds. The van der Waals surface area contributed by atoms with Crippen molar-refractivity contribution >= 4 is 12.1 Å². The SMILES string of the molecule is CCCCN1CCN(C(=O)OC(C)(C)C)C2=CCC(C(=O)OC)C=C21. The Morgan fingerprint density at radius 3 is 2.56 bits per heavy atom. The number of rotatable bonds is 4. The van der Waals surface area contributed by atoms with Gasteiger partial charge in [-0.15, -0.1) is 0 Å². The molecule has 1 fully saturated rings. The fourth-order valence-corrected chi connectivity index (χ4v) is 3.07. The molecule has 1 aliphatic carbocycles. The molecule has 0 aromatic carbocycles. The third-order valence-electron chi connectivity index (χ3n) is 4.31. The number of ether oxygens (including phenoxy) is 2. The van der Waals surface area contributed by atoms with Gasteiger partial charge in [0, 0.05) is 19.6 Å². The zero-order valence-corrected chi connectivity index (χ0v) is 16.0. The molecule has 1 saturated heterocycles. The highest BCUT2D eigenvalue weighted by Crippen LogP contribution is 2.33. The van der Waals surface area contributed by atoms with E-state index >= 15 is 0 Å². The van der Waals surface area contributed by atoms with Crippen LogP contribution < -0.4 is 0 Å². The highest BCUT2D eigenvalue weighted by molar-refractivity contribution is 5.77. The number of nitrogens with zero attached hydrogens (tertiary/aromatic N) is 2. The van der Waals surface area contributed by atoms with E-state index in [1.165, 1.54) is 7.11 Å². The second kappa shape index (κ2) is 7.93. The predicted octanol–water partition coefficient (Wildman–Crippen LogP) is 3.30. The van der Waals surface area contributed by atoms with E-state index in [2.05, 4.69) is 11.8 Å². The summed E-state index contributed by atoms with van der Waals surface area (Å²) in [4.78, 5) is 28.5. The van der Waals surface area contributed by atoms with Crippen LogP contribution in [0.15, 0.2) is 23.5 Å². The molecule has 0 saturated carbocycles. The Bertz CT molecular complexity index is 574. The van der Waals surface area contributed by atoms with Gasteiger partial charge >= 0.3 is 12.1 Å². The molecule has 0 bridgehead atoms. The zero-order valence-electron chi connectivity index (χ0n) is 16.0.